The monoisotopic (exact) mass is 266 g/mol. The number of para-hydroxylation sites is 1. The zero-order valence-corrected chi connectivity index (χ0v) is 11.4. The van der Waals surface area contributed by atoms with Crippen LogP contribution < -0.4 is 5.32 Å². The maximum absolute atomic E-state index is 12.2. The predicted octanol–water partition coefficient (Wildman–Crippen LogP) is 2.90. The van der Waals surface area contributed by atoms with Gasteiger partial charge in [0.25, 0.3) is 0 Å². The first-order valence-corrected chi connectivity index (χ1v) is 7.41. The summed E-state index contributed by atoms with van der Waals surface area (Å²) < 4.78 is 0. The van der Waals surface area contributed by atoms with Gasteiger partial charge in [-0.3, -0.25) is 9.78 Å². The first-order valence-electron chi connectivity index (χ1n) is 7.41. The number of hydrogen-bond donors (Lipinski definition) is 1. The molecule has 3 heteroatoms. The van der Waals surface area contributed by atoms with Crippen molar-refractivity contribution in [3.8, 4) is 0 Å². The molecule has 0 saturated heterocycles. The number of carbonyl (C=O) groups is 1. The summed E-state index contributed by atoms with van der Waals surface area (Å²) in [6.45, 7) is 0.582. The van der Waals surface area contributed by atoms with Gasteiger partial charge in [0.1, 0.15) is 0 Å². The SMILES string of the molecule is O=C(NCc1cccc2cccnc12)C1CC2CC2C1. The molecule has 0 bridgehead atoms. The Bertz CT molecular complexity index is 652. The Hall–Kier alpha value is -1.90. The van der Waals surface area contributed by atoms with E-state index >= 15 is 0 Å². The van der Waals surface area contributed by atoms with Gasteiger partial charge in [0.05, 0.1) is 5.52 Å². The summed E-state index contributed by atoms with van der Waals surface area (Å²) >= 11 is 0. The summed E-state index contributed by atoms with van der Waals surface area (Å²) in [7, 11) is 0. The second-order valence-corrected chi connectivity index (χ2v) is 6.13. The van der Waals surface area contributed by atoms with Gasteiger partial charge in [-0.15, -0.1) is 0 Å². The highest BCUT2D eigenvalue weighted by Gasteiger charge is 2.47. The van der Waals surface area contributed by atoms with Gasteiger partial charge in [0, 0.05) is 24.0 Å². The number of nitrogens with zero attached hydrogens (tertiary/aromatic N) is 1. The lowest BCUT2D eigenvalue weighted by atomic mass is 10.0. The van der Waals surface area contributed by atoms with Gasteiger partial charge in [-0.2, -0.15) is 0 Å². The maximum Gasteiger partial charge on any atom is 0.223 e. The van der Waals surface area contributed by atoms with Crippen LogP contribution in [0.25, 0.3) is 10.9 Å². The van der Waals surface area contributed by atoms with E-state index in [2.05, 4.69) is 22.4 Å². The van der Waals surface area contributed by atoms with Crippen molar-refractivity contribution in [2.75, 3.05) is 0 Å². The second-order valence-electron chi connectivity index (χ2n) is 6.13. The molecule has 20 heavy (non-hydrogen) atoms. The Morgan fingerprint density at radius 2 is 1.95 bits per heavy atom. The molecule has 1 amide bonds. The van der Waals surface area contributed by atoms with E-state index in [1.165, 1.54) is 6.42 Å². The van der Waals surface area contributed by atoms with Crippen molar-refractivity contribution in [2.24, 2.45) is 17.8 Å². The third kappa shape index (κ3) is 2.07. The highest BCUT2D eigenvalue weighted by Crippen LogP contribution is 2.54. The molecule has 1 aromatic heterocycles. The Morgan fingerprint density at radius 3 is 2.80 bits per heavy atom. The van der Waals surface area contributed by atoms with Crippen LogP contribution in [0.4, 0.5) is 0 Å². The van der Waals surface area contributed by atoms with E-state index in [0.717, 1.165) is 41.1 Å². The standard InChI is InChI=1S/C17H18N2O/c20-17(15-8-13-7-14(13)9-15)19-10-12-4-1-3-11-5-2-6-18-16(11)12/h1-6,13-15H,7-10H2,(H,19,20). The highest BCUT2D eigenvalue weighted by atomic mass is 16.1. The normalized spacial score (nSPS) is 27.3. The highest BCUT2D eigenvalue weighted by molar-refractivity contribution is 5.83. The lowest BCUT2D eigenvalue weighted by Gasteiger charge is -2.13. The molecule has 0 radical (unpaired) electrons. The molecule has 3 nitrogen and oxygen atoms in total. The Kier molecular flexibility index (Phi) is 2.72. The molecule has 2 fully saturated rings. The smallest absolute Gasteiger partial charge is 0.223 e. The lowest BCUT2D eigenvalue weighted by Crippen LogP contribution is -2.29. The van der Waals surface area contributed by atoms with Crippen molar-refractivity contribution in [2.45, 2.75) is 25.8 Å². The summed E-state index contributed by atoms with van der Waals surface area (Å²) in [5.74, 6) is 2.18. The minimum atomic E-state index is 0.227. The van der Waals surface area contributed by atoms with Crippen LogP contribution in [0.3, 0.4) is 0 Å². The number of nitrogens with one attached hydrogen (secondary N) is 1. The molecule has 1 aromatic carbocycles. The summed E-state index contributed by atoms with van der Waals surface area (Å²) in [4.78, 5) is 16.6. The van der Waals surface area contributed by atoms with E-state index in [0.29, 0.717) is 6.54 Å². The van der Waals surface area contributed by atoms with Gasteiger partial charge < -0.3 is 5.32 Å². The van der Waals surface area contributed by atoms with E-state index in [9.17, 15) is 4.79 Å². The van der Waals surface area contributed by atoms with E-state index < -0.39 is 0 Å². The van der Waals surface area contributed by atoms with Crippen molar-refractivity contribution in [1.29, 1.82) is 0 Å². The van der Waals surface area contributed by atoms with Crippen LogP contribution in [0.5, 0.6) is 0 Å². The molecule has 2 aliphatic rings. The number of amides is 1. The van der Waals surface area contributed by atoms with Crippen LogP contribution in [0.2, 0.25) is 0 Å². The Balaban J connectivity index is 1.46. The topological polar surface area (TPSA) is 42.0 Å². The molecule has 2 unspecified atom stereocenters. The molecule has 2 saturated carbocycles. The molecule has 4 rings (SSSR count). The number of rotatable bonds is 3. The number of carbonyl (C=O) groups excluding carboxylic acids is 1. The van der Waals surface area contributed by atoms with E-state index in [1.807, 2.05) is 18.2 Å². The minimum Gasteiger partial charge on any atom is -0.352 e. The lowest BCUT2D eigenvalue weighted by molar-refractivity contribution is -0.125. The van der Waals surface area contributed by atoms with Crippen LogP contribution in [-0.2, 0) is 11.3 Å². The maximum atomic E-state index is 12.2. The largest absolute Gasteiger partial charge is 0.352 e. The predicted molar refractivity (Wildman–Crippen MR) is 77.9 cm³/mol. The average Bonchev–Trinajstić information content (AvgIpc) is 3.10. The summed E-state index contributed by atoms with van der Waals surface area (Å²) in [6.07, 6.45) is 5.36. The fraction of sp³-hybridized carbons (Fsp3) is 0.412. The van der Waals surface area contributed by atoms with Gasteiger partial charge >= 0.3 is 0 Å². The van der Waals surface area contributed by atoms with Crippen LogP contribution in [0, 0.1) is 17.8 Å². The zero-order chi connectivity index (χ0) is 13.5. The Labute approximate surface area is 118 Å². The van der Waals surface area contributed by atoms with Crippen molar-refractivity contribution in [1.82, 2.24) is 10.3 Å². The van der Waals surface area contributed by atoms with Crippen molar-refractivity contribution in [3.05, 3.63) is 42.1 Å². The molecule has 0 spiro atoms. The molecule has 2 atom stereocenters. The van der Waals surface area contributed by atoms with Gasteiger partial charge in [0.15, 0.2) is 0 Å². The van der Waals surface area contributed by atoms with Crippen molar-refractivity contribution >= 4 is 16.8 Å². The molecule has 2 aliphatic carbocycles. The number of pyridine rings is 1. The quantitative estimate of drug-likeness (QED) is 0.928. The van der Waals surface area contributed by atoms with E-state index in [4.69, 9.17) is 0 Å². The fourth-order valence-corrected chi connectivity index (χ4v) is 3.57. The first kappa shape index (κ1) is 11.9. The Morgan fingerprint density at radius 1 is 1.15 bits per heavy atom. The second kappa shape index (κ2) is 4.58. The third-order valence-corrected chi connectivity index (χ3v) is 4.78. The first-order chi connectivity index (χ1) is 9.81. The summed E-state index contributed by atoms with van der Waals surface area (Å²) in [6, 6.07) is 10.1. The average molecular weight is 266 g/mol. The van der Waals surface area contributed by atoms with Crippen molar-refractivity contribution in [3.63, 3.8) is 0 Å². The number of fused-ring (bicyclic) bond motifs is 2. The molecule has 102 valence electrons. The zero-order valence-electron chi connectivity index (χ0n) is 11.4. The van der Waals surface area contributed by atoms with E-state index in [1.54, 1.807) is 6.20 Å². The van der Waals surface area contributed by atoms with Gasteiger partial charge in [0.2, 0.25) is 5.91 Å². The number of aromatic nitrogens is 1. The third-order valence-electron chi connectivity index (χ3n) is 4.78. The van der Waals surface area contributed by atoms with Gasteiger partial charge in [-0.1, -0.05) is 24.3 Å². The fourth-order valence-electron chi connectivity index (χ4n) is 3.57. The van der Waals surface area contributed by atoms with Crippen LogP contribution >= 0.6 is 0 Å². The summed E-state index contributed by atoms with van der Waals surface area (Å²) in [5.41, 5.74) is 2.09. The van der Waals surface area contributed by atoms with Crippen molar-refractivity contribution < 1.29 is 4.79 Å². The summed E-state index contributed by atoms with van der Waals surface area (Å²) in [5, 5.41) is 4.22. The molecular formula is C17H18N2O. The molecule has 2 aromatic rings. The van der Waals surface area contributed by atoms with Crippen LogP contribution in [0.1, 0.15) is 24.8 Å². The number of hydrogen-bond acceptors (Lipinski definition) is 2. The number of benzene rings is 1. The van der Waals surface area contributed by atoms with E-state index in [-0.39, 0.29) is 11.8 Å². The van der Waals surface area contributed by atoms with Crippen LogP contribution in [-0.4, -0.2) is 10.9 Å². The minimum absolute atomic E-state index is 0.227. The molecule has 0 aliphatic heterocycles. The molecular weight excluding hydrogens is 248 g/mol. The molecule has 1 heterocycles. The molecule has 1 N–H and O–H groups in total. The van der Waals surface area contributed by atoms with Gasteiger partial charge in [-0.05, 0) is 42.7 Å². The van der Waals surface area contributed by atoms with Gasteiger partial charge in [-0.25, -0.2) is 0 Å². The van der Waals surface area contributed by atoms with Crippen LogP contribution in [0.15, 0.2) is 36.5 Å².